The van der Waals surface area contributed by atoms with Crippen LogP contribution in [0.2, 0.25) is 5.15 Å². The van der Waals surface area contributed by atoms with E-state index in [4.69, 9.17) is 11.6 Å². The number of halogens is 2. The van der Waals surface area contributed by atoms with Crippen LogP contribution < -0.4 is 10.6 Å². The summed E-state index contributed by atoms with van der Waals surface area (Å²) >= 11 is 9.51. The molecule has 164 valence electrons. The molecular weight excluding hydrogens is 482 g/mol. The van der Waals surface area contributed by atoms with Crippen molar-refractivity contribution in [2.24, 2.45) is 0 Å². The number of carbonyl (C=O) groups excluding carboxylic acids is 2. The van der Waals surface area contributed by atoms with Crippen LogP contribution in [0.3, 0.4) is 0 Å². The van der Waals surface area contributed by atoms with Gasteiger partial charge in [0.05, 0.1) is 11.3 Å². The first-order chi connectivity index (χ1) is 14.2. The Labute approximate surface area is 195 Å². The third-order valence-electron chi connectivity index (χ3n) is 4.30. The summed E-state index contributed by atoms with van der Waals surface area (Å²) < 4.78 is 2.14. The Kier molecular flexibility index (Phi) is 7.97. The first-order valence-corrected chi connectivity index (χ1v) is 10.4. The molecule has 0 bridgehead atoms. The lowest BCUT2D eigenvalue weighted by atomic mass is 10.1. The van der Waals surface area contributed by atoms with Gasteiger partial charge in [-0.15, -0.1) is 0 Å². The van der Waals surface area contributed by atoms with Crippen LogP contribution in [-0.2, 0) is 0 Å². The van der Waals surface area contributed by atoms with Crippen molar-refractivity contribution in [1.29, 1.82) is 0 Å². The second-order valence-corrected chi connectivity index (χ2v) is 8.44. The minimum Gasteiger partial charge on any atom is -0.350 e. The molecule has 0 spiro atoms. The van der Waals surface area contributed by atoms with Gasteiger partial charge in [-0.05, 0) is 57.0 Å². The number of carbonyl (C=O) groups is 2. The fourth-order valence-corrected chi connectivity index (χ4v) is 3.73. The highest BCUT2D eigenvalue weighted by Crippen LogP contribution is 2.27. The summed E-state index contributed by atoms with van der Waals surface area (Å²) in [6.45, 7) is 7.43. The number of aryl methyl sites for hydroxylation is 2. The Morgan fingerprint density at radius 2 is 1.84 bits per heavy atom. The predicted molar refractivity (Wildman–Crippen MR) is 127 cm³/mol. The molecule has 0 fully saturated rings. The number of benzene rings is 1. The van der Waals surface area contributed by atoms with Crippen LogP contribution in [-0.4, -0.2) is 32.6 Å². The molecule has 2 N–H and O–H groups in total. The van der Waals surface area contributed by atoms with Crippen molar-refractivity contribution in [1.82, 2.24) is 20.1 Å². The molecule has 2 heterocycles. The highest BCUT2D eigenvalue weighted by molar-refractivity contribution is 9.10. The monoisotopic (exact) mass is 505 g/mol. The molecule has 0 unspecified atom stereocenters. The highest BCUT2D eigenvalue weighted by atomic mass is 79.9. The second-order valence-electron chi connectivity index (χ2n) is 7.14. The van der Waals surface area contributed by atoms with Crippen molar-refractivity contribution >= 4 is 45.0 Å². The number of rotatable bonds is 5. The lowest BCUT2D eigenvalue weighted by Gasteiger charge is -2.16. The Bertz CT molecular complexity index is 1130. The molecule has 7 nitrogen and oxygen atoms in total. The van der Waals surface area contributed by atoms with Gasteiger partial charge in [0.2, 0.25) is 0 Å². The summed E-state index contributed by atoms with van der Waals surface area (Å²) in [5.74, 6) is -0.236. The van der Waals surface area contributed by atoms with E-state index in [1.54, 1.807) is 18.3 Å². The summed E-state index contributed by atoms with van der Waals surface area (Å²) in [4.78, 5) is 30.2. The molecular formula is C22H25BrClN5O2. The molecule has 1 aromatic carbocycles. The number of nitrogens with zero attached hydrogens (tertiary/aromatic N) is 3. The van der Waals surface area contributed by atoms with E-state index in [1.807, 2.05) is 39.8 Å². The lowest BCUT2D eigenvalue weighted by molar-refractivity contribution is 0.0944. The van der Waals surface area contributed by atoms with Crippen molar-refractivity contribution in [3.8, 4) is 5.82 Å². The molecule has 0 radical (unpaired) electrons. The summed E-state index contributed by atoms with van der Waals surface area (Å²) in [7, 11) is 0. The lowest BCUT2D eigenvalue weighted by Crippen LogP contribution is -2.31. The zero-order chi connectivity index (χ0) is 22.0. The quantitative estimate of drug-likeness (QED) is 0.490. The zero-order valence-electron chi connectivity index (χ0n) is 17.0. The van der Waals surface area contributed by atoms with E-state index < -0.39 is 5.91 Å². The molecule has 0 saturated carbocycles. The SMILES string of the molecule is C.Cc1cccnc1-n1nc(Cl)cc1C(=O)Nc1c(C)cc(Br)cc1C(=O)NC(C)C. The number of amides is 2. The molecule has 0 aliphatic heterocycles. The normalized spacial score (nSPS) is 10.5. The summed E-state index contributed by atoms with van der Waals surface area (Å²) in [5.41, 5.74) is 2.55. The molecule has 2 amide bonds. The minimum absolute atomic E-state index is 0. The van der Waals surface area contributed by atoms with E-state index in [2.05, 4.69) is 36.6 Å². The van der Waals surface area contributed by atoms with Crippen LogP contribution in [0.4, 0.5) is 5.69 Å². The highest BCUT2D eigenvalue weighted by Gasteiger charge is 2.22. The van der Waals surface area contributed by atoms with E-state index >= 15 is 0 Å². The van der Waals surface area contributed by atoms with Crippen LogP contribution in [0.5, 0.6) is 0 Å². The summed E-state index contributed by atoms with van der Waals surface area (Å²) in [5, 5.41) is 10.1. The third-order valence-corrected chi connectivity index (χ3v) is 4.94. The van der Waals surface area contributed by atoms with Gasteiger partial charge in [0, 0.05) is 22.8 Å². The van der Waals surface area contributed by atoms with E-state index in [0.29, 0.717) is 17.1 Å². The molecule has 0 aliphatic rings. The van der Waals surface area contributed by atoms with Gasteiger partial charge in [0.1, 0.15) is 5.69 Å². The Morgan fingerprint density at radius 1 is 1.13 bits per heavy atom. The first kappa shape index (κ1) is 24.6. The number of aromatic nitrogens is 3. The van der Waals surface area contributed by atoms with Crippen LogP contribution in [0.25, 0.3) is 5.82 Å². The van der Waals surface area contributed by atoms with Gasteiger partial charge in [-0.3, -0.25) is 9.59 Å². The molecule has 9 heteroatoms. The topological polar surface area (TPSA) is 88.9 Å². The maximum absolute atomic E-state index is 13.2. The van der Waals surface area contributed by atoms with Crippen molar-refractivity contribution in [3.63, 3.8) is 0 Å². The van der Waals surface area contributed by atoms with Gasteiger partial charge < -0.3 is 10.6 Å². The number of hydrogen-bond acceptors (Lipinski definition) is 4. The van der Waals surface area contributed by atoms with Gasteiger partial charge >= 0.3 is 0 Å². The summed E-state index contributed by atoms with van der Waals surface area (Å²) in [6, 6.07) is 8.59. The van der Waals surface area contributed by atoms with Crippen molar-refractivity contribution in [2.75, 3.05) is 5.32 Å². The van der Waals surface area contributed by atoms with Gasteiger partial charge in [-0.25, -0.2) is 9.67 Å². The Hall–Kier alpha value is -2.71. The number of anilines is 1. The van der Waals surface area contributed by atoms with Crippen molar-refractivity contribution < 1.29 is 9.59 Å². The standard InChI is InChI=1S/C21H21BrClN5O2.CH4/c1-11(2)25-20(29)15-9-14(22)8-13(4)18(15)26-21(30)16-10-17(23)27-28(16)19-12(3)6-5-7-24-19;/h5-11H,1-4H3,(H,25,29)(H,26,30);1H4. The molecule has 3 aromatic rings. The van der Waals surface area contributed by atoms with Gasteiger partial charge in [0.25, 0.3) is 11.8 Å². The minimum atomic E-state index is -0.455. The van der Waals surface area contributed by atoms with E-state index in [0.717, 1.165) is 15.6 Å². The molecule has 0 atom stereocenters. The summed E-state index contributed by atoms with van der Waals surface area (Å²) in [6.07, 6.45) is 1.62. The van der Waals surface area contributed by atoms with E-state index in [1.165, 1.54) is 10.7 Å². The van der Waals surface area contributed by atoms with Crippen LogP contribution in [0, 0.1) is 13.8 Å². The second kappa shape index (κ2) is 10.1. The maximum atomic E-state index is 13.2. The predicted octanol–water partition coefficient (Wildman–Crippen LogP) is 5.33. The zero-order valence-corrected chi connectivity index (χ0v) is 19.3. The van der Waals surface area contributed by atoms with Crippen LogP contribution >= 0.6 is 27.5 Å². The fourth-order valence-electron chi connectivity index (χ4n) is 2.98. The number of pyridine rings is 1. The molecule has 31 heavy (non-hydrogen) atoms. The van der Waals surface area contributed by atoms with Crippen LogP contribution in [0.1, 0.15) is 53.2 Å². The maximum Gasteiger partial charge on any atom is 0.274 e. The van der Waals surface area contributed by atoms with Gasteiger partial charge in [-0.1, -0.05) is 41.0 Å². The smallest absolute Gasteiger partial charge is 0.274 e. The van der Waals surface area contributed by atoms with E-state index in [-0.39, 0.29) is 30.2 Å². The van der Waals surface area contributed by atoms with Crippen LogP contribution in [0.15, 0.2) is 41.0 Å². The Balaban J connectivity index is 0.00000341. The van der Waals surface area contributed by atoms with E-state index in [9.17, 15) is 9.59 Å². The number of nitrogens with one attached hydrogen (secondary N) is 2. The van der Waals surface area contributed by atoms with Gasteiger partial charge in [-0.2, -0.15) is 5.10 Å². The molecule has 0 saturated heterocycles. The molecule has 2 aromatic heterocycles. The number of hydrogen-bond donors (Lipinski definition) is 2. The average molecular weight is 507 g/mol. The van der Waals surface area contributed by atoms with Gasteiger partial charge in [0.15, 0.2) is 11.0 Å². The molecule has 3 rings (SSSR count). The Morgan fingerprint density at radius 3 is 2.48 bits per heavy atom. The average Bonchev–Trinajstić information content (AvgIpc) is 3.05. The van der Waals surface area contributed by atoms with Crippen molar-refractivity contribution in [3.05, 3.63) is 68.5 Å². The third kappa shape index (κ3) is 5.51. The largest absolute Gasteiger partial charge is 0.350 e. The van der Waals surface area contributed by atoms with Crippen molar-refractivity contribution in [2.45, 2.75) is 41.2 Å². The first-order valence-electron chi connectivity index (χ1n) is 9.27. The fraction of sp³-hybridized carbons (Fsp3) is 0.273. The molecule has 0 aliphatic carbocycles.